The summed E-state index contributed by atoms with van der Waals surface area (Å²) in [5, 5.41) is 6.34. The number of anilines is 6. The number of para-hydroxylation sites is 1. The minimum atomic E-state index is -1.01. The molecule has 0 saturated carbocycles. The van der Waals surface area contributed by atoms with E-state index in [0.29, 0.717) is 51.0 Å². The van der Waals surface area contributed by atoms with Crippen molar-refractivity contribution in [3.63, 3.8) is 0 Å². The molecule has 0 bridgehead atoms. The first-order valence-corrected chi connectivity index (χ1v) is 21.3. The molecule has 5 heterocycles. The van der Waals surface area contributed by atoms with Crippen LogP contribution in [-0.2, 0) is 14.4 Å². The first-order valence-electron chi connectivity index (χ1n) is 20.6. The molecule has 5 amide bonds. The van der Waals surface area contributed by atoms with E-state index in [2.05, 4.69) is 49.4 Å². The van der Waals surface area contributed by atoms with Crippen LogP contribution in [0.1, 0.15) is 57.5 Å². The number of nitrogens with one attached hydrogen (secondary N) is 2. The molecule has 17 heteroatoms. The van der Waals surface area contributed by atoms with E-state index in [1.54, 1.807) is 24.3 Å². The third-order valence-electron chi connectivity index (χ3n) is 12.2. The van der Waals surface area contributed by atoms with Crippen LogP contribution in [-0.4, -0.2) is 115 Å². The second-order valence-corrected chi connectivity index (χ2v) is 17.0. The van der Waals surface area contributed by atoms with Crippen LogP contribution in [0.3, 0.4) is 0 Å². The molecular weight excluding hydrogens is 819 g/mol. The number of hydrogen-bond acceptors (Lipinski definition) is 12. The number of carbonyl (C=O) groups is 5. The predicted octanol–water partition coefficient (Wildman–Crippen LogP) is 5.64. The standard InChI is InChI=1S/C44H48Cl2N10O5/c1-27-22-30(48-44-47-23-32-40(50-44)51(3)25-55(43(32)61)39-33(45)7-5-8-34(39)46)10-11-35(27)53-16-14-29(15-17-53)24-52-18-20-54(21-19-52)36-9-4-6-31(28(36)2)42(60)56(26-57)37-12-13-38(58)49-41(37)59/h4-11,22-23,26,29,37H,12-21,24-25H2,1-3H3,(H,47,48,50)(H,49,58,59). The van der Waals surface area contributed by atoms with E-state index in [4.69, 9.17) is 28.2 Å². The lowest BCUT2D eigenvalue weighted by molar-refractivity contribution is -0.139. The fourth-order valence-electron chi connectivity index (χ4n) is 8.94. The van der Waals surface area contributed by atoms with E-state index in [1.807, 2.05) is 37.1 Å². The number of aromatic nitrogens is 2. The van der Waals surface area contributed by atoms with Gasteiger partial charge in [0.05, 0.1) is 22.4 Å². The highest BCUT2D eigenvalue weighted by atomic mass is 35.5. The summed E-state index contributed by atoms with van der Waals surface area (Å²) >= 11 is 12.9. The number of amides is 5. The second-order valence-electron chi connectivity index (χ2n) is 16.2. The lowest BCUT2D eigenvalue weighted by atomic mass is 9.95. The van der Waals surface area contributed by atoms with Crippen molar-refractivity contribution in [3.8, 4) is 0 Å². The Balaban J connectivity index is 0.826. The Morgan fingerprint density at radius 2 is 1.62 bits per heavy atom. The fraction of sp³-hybridized carbons (Fsp3) is 0.386. The molecule has 0 radical (unpaired) electrons. The molecule has 1 unspecified atom stereocenters. The lowest BCUT2D eigenvalue weighted by Gasteiger charge is -2.40. The van der Waals surface area contributed by atoms with Gasteiger partial charge in [-0.15, -0.1) is 0 Å². The van der Waals surface area contributed by atoms with Gasteiger partial charge in [-0.2, -0.15) is 4.98 Å². The normalized spacial score (nSPS) is 18.8. The summed E-state index contributed by atoms with van der Waals surface area (Å²) in [4.78, 5) is 83.9. The topological polar surface area (TPSA) is 155 Å². The highest BCUT2D eigenvalue weighted by Gasteiger charge is 2.36. The van der Waals surface area contributed by atoms with Crippen LogP contribution in [0, 0.1) is 19.8 Å². The van der Waals surface area contributed by atoms with Crippen molar-refractivity contribution in [3.05, 3.63) is 93.1 Å². The quantitative estimate of drug-likeness (QED) is 0.150. The summed E-state index contributed by atoms with van der Waals surface area (Å²) < 4.78 is 0. The Hall–Kier alpha value is -5.77. The van der Waals surface area contributed by atoms with Crippen molar-refractivity contribution >= 4 is 87.8 Å². The Morgan fingerprint density at radius 1 is 0.918 bits per heavy atom. The molecular formula is C44H48Cl2N10O5. The number of carbonyl (C=O) groups excluding carboxylic acids is 5. The fourth-order valence-corrected chi connectivity index (χ4v) is 9.54. The predicted molar refractivity (Wildman–Crippen MR) is 236 cm³/mol. The van der Waals surface area contributed by atoms with E-state index < -0.39 is 23.8 Å². The van der Waals surface area contributed by atoms with Crippen molar-refractivity contribution in [1.82, 2.24) is 25.1 Å². The summed E-state index contributed by atoms with van der Waals surface area (Å²) in [5.41, 5.74) is 6.10. The number of nitrogens with zero attached hydrogens (tertiary/aromatic N) is 8. The maximum absolute atomic E-state index is 13.5. The van der Waals surface area contributed by atoms with Gasteiger partial charge in [-0.25, -0.2) is 4.98 Å². The zero-order chi connectivity index (χ0) is 42.9. The summed E-state index contributed by atoms with van der Waals surface area (Å²) in [6, 6.07) is 15.9. The number of piperidine rings is 2. The molecule has 0 spiro atoms. The smallest absolute Gasteiger partial charge is 0.265 e. The minimum Gasteiger partial charge on any atom is -0.371 e. The van der Waals surface area contributed by atoms with Crippen LogP contribution < -0.4 is 30.2 Å². The highest BCUT2D eigenvalue weighted by Crippen LogP contribution is 2.38. The maximum atomic E-state index is 13.5. The average molecular weight is 868 g/mol. The number of piperazine rings is 1. The van der Waals surface area contributed by atoms with E-state index in [-0.39, 0.29) is 25.4 Å². The van der Waals surface area contributed by atoms with Crippen molar-refractivity contribution in [2.24, 2.45) is 5.92 Å². The van der Waals surface area contributed by atoms with Gasteiger partial charge in [0.15, 0.2) is 0 Å². The van der Waals surface area contributed by atoms with Crippen LogP contribution in [0.15, 0.2) is 60.8 Å². The minimum absolute atomic E-state index is 0.0753. The van der Waals surface area contributed by atoms with Crippen molar-refractivity contribution < 1.29 is 24.0 Å². The van der Waals surface area contributed by atoms with Crippen LogP contribution in [0.5, 0.6) is 0 Å². The van der Waals surface area contributed by atoms with Gasteiger partial charge in [-0.3, -0.25) is 44.0 Å². The van der Waals surface area contributed by atoms with Crippen LogP contribution in [0.2, 0.25) is 10.0 Å². The number of rotatable bonds is 10. The molecule has 4 aromatic rings. The zero-order valence-electron chi connectivity index (χ0n) is 34.4. The van der Waals surface area contributed by atoms with E-state index in [1.165, 1.54) is 16.8 Å². The third-order valence-corrected chi connectivity index (χ3v) is 12.8. The summed E-state index contributed by atoms with van der Waals surface area (Å²) in [6.07, 6.45) is 4.31. The van der Waals surface area contributed by atoms with Gasteiger partial charge in [0.2, 0.25) is 24.2 Å². The molecule has 1 aromatic heterocycles. The Morgan fingerprint density at radius 3 is 2.31 bits per heavy atom. The van der Waals surface area contributed by atoms with Gasteiger partial charge < -0.3 is 20.0 Å². The van der Waals surface area contributed by atoms with Gasteiger partial charge in [-0.05, 0) is 92.6 Å². The number of fused-ring (bicyclic) bond motifs is 1. The monoisotopic (exact) mass is 866 g/mol. The van der Waals surface area contributed by atoms with Gasteiger partial charge in [0.1, 0.15) is 17.4 Å². The molecule has 1 atom stereocenters. The summed E-state index contributed by atoms with van der Waals surface area (Å²) in [5.74, 6) is -0.346. The average Bonchev–Trinajstić information content (AvgIpc) is 3.24. The zero-order valence-corrected chi connectivity index (χ0v) is 35.9. The van der Waals surface area contributed by atoms with E-state index in [9.17, 15) is 24.0 Å². The van der Waals surface area contributed by atoms with Crippen molar-refractivity contribution in [2.75, 3.05) is 84.4 Å². The van der Waals surface area contributed by atoms with Gasteiger partial charge in [0.25, 0.3) is 11.8 Å². The summed E-state index contributed by atoms with van der Waals surface area (Å²) in [6.45, 7) is 10.6. The third kappa shape index (κ3) is 8.59. The number of aryl methyl sites for hydroxylation is 1. The molecule has 2 N–H and O–H groups in total. The molecule has 15 nitrogen and oxygen atoms in total. The highest BCUT2D eigenvalue weighted by molar-refractivity contribution is 6.40. The second kappa shape index (κ2) is 17.7. The lowest BCUT2D eigenvalue weighted by Crippen LogP contribution is -2.54. The first-order chi connectivity index (χ1) is 29.4. The largest absolute Gasteiger partial charge is 0.371 e. The Bertz CT molecular complexity index is 2360. The molecule has 3 aromatic carbocycles. The van der Waals surface area contributed by atoms with Crippen LogP contribution >= 0.6 is 23.2 Å². The number of halogens is 2. The van der Waals surface area contributed by atoms with Gasteiger partial charge >= 0.3 is 0 Å². The van der Waals surface area contributed by atoms with Crippen LogP contribution in [0.25, 0.3) is 0 Å². The molecule has 3 fully saturated rings. The molecule has 8 rings (SSSR count). The Labute approximate surface area is 364 Å². The van der Waals surface area contributed by atoms with Gasteiger partial charge in [-0.1, -0.05) is 35.3 Å². The molecule has 61 heavy (non-hydrogen) atoms. The number of benzene rings is 3. The maximum Gasteiger partial charge on any atom is 0.265 e. The molecule has 4 aliphatic rings. The first kappa shape index (κ1) is 41.9. The van der Waals surface area contributed by atoms with Crippen molar-refractivity contribution in [2.45, 2.75) is 45.6 Å². The SMILES string of the molecule is Cc1cc(Nc2ncc3c(n2)N(C)CN(c2c(Cl)cccc2Cl)C3=O)ccc1N1CCC(CN2CCN(c3cccc(C(=O)N(C=O)C4CCC(=O)NC4=O)c3C)CC2)CC1. The summed E-state index contributed by atoms with van der Waals surface area (Å²) in [7, 11) is 1.86. The molecule has 318 valence electrons. The molecule has 0 aliphatic carbocycles. The van der Waals surface area contributed by atoms with E-state index >= 15 is 0 Å². The van der Waals surface area contributed by atoms with Gasteiger partial charge in [0, 0.05) is 88.1 Å². The van der Waals surface area contributed by atoms with E-state index in [0.717, 1.165) is 86.1 Å². The van der Waals surface area contributed by atoms with Crippen LogP contribution in [0.4, 0.5) is 34.5 Å². The number of imide groups is 2. The number of hydrogen-bond donors (Lipinski definition) is 2. The molecule has 3 saturated heterocycles. The van der Waals surface area contributed by atoms with Crippen molar-refractivity contribution in [1.29, 1.82) is 0 Å². The molecule has 4 aliphatic heterocycles. The Kier molecular flexibility index (Phi) is 12.2.